The molecule has 2 aromatic carbocycles. The minimum absolute atomic E-state index is 0.0488. The van der Waals surface area contributed by atoms with Crippen molar-refractivity contribution in [3.05, 3.63) is 70.8 Å². The van der Waals surface area contributed by atoms with Gasteiger partial charge < -0.3 is 19.4 Å². The predicted molar refractivity (Wildman–Crippen MR) is 158 cm³/mol. The summed E-state index contributed by atoms with van der Waals surface area (Å²) in [6, 6.07) is 10.2. The highest BCUT2D eigenvalue weighted by Crippen LogP contribution is 2.43. The molecule has 46 heavy (non-hydrogen) atoms. The lowest BCUT2D eigenvalue weighted by molar-refractivity contribution is -0.143. The standard InChI is InChI=1S/C34H39F6N3O3/c35-33(36,37)25-16-24(17-26(18-25)34(38,39)40)31(45)43-11-8-27(19-28(43)15-23-5-2-1-3-6-23)41-12-9-32(10-13-41)20-30(44)42(22-32)21-29-7-4-14-46-29/h1-3,5-6,16-18,27-29H,4,7-15,19-22H2. The van der Waals surface area contributed by atoms with Gasteiger partial charge in [0.1, 0.15) is 0 Å². The van der Waals surface area contributed by atoms with Gasteiger partial charge in [0.05, 0.1) is 17.2 Å². The van der Waals surface area contributed by atoms with Gasteiger partial charge in [0.25, 0.3) is 5.91 Å². The molecule has 4 aliphatic heterocycles. The summed E-state index contributed by atoms with van der Waals surface area (Å²) in [5.41, 5.74) is -2.74. The van der Waals surface area contributed by atoms with E-state index in [0.717, 1.165) is 57.5 Å². The molecule has 0 saturated carbocycles. The van der Waals surface area contributed by atoms with E-state index in [1.54, 1.807) is 0 Å². The Morgan fingerprint density at radius 1 is 0.913 bits per heavy atom. The minimum Gasteiger partial charge on any atom is -0.376 e. The number of ether oxygens (including phenoxy) is 1. The van der Waals surface area contributed by atoms with Gasteiger partial charge in [0.2, 0.25) is 5.91 Å². The van der Waals surface area contributed by atoms with Gasteiger partial charge in [-0.1, -0.05) is 30.3 Å². The first kappa shape index (κ1) is 32.8. The monoisotopic (exact) mass is 651 g/mol. The maximum atomic E-state index is 13.7. The topological polar surface area (TPSA) is 53.1 Å². The van der Waals surface area contributed by atoms with E-state index in [4.69, 9.17) is 4.74 Å². The number of piperidine rings is 2. The number of benzene rings is 2. The first-order valence-corrected chi connectivity index (χ1v) is 16.1. The second-order valence-electron chi connectivity index (χ2n) is 13.4. The smallest absolute Gasteiger partial charge is 0.376 e. The van der Waals surface area contributed by atoms with Gasteiger partial charge in [-0.15, -0.1) is 0 Å². The number of hydrogen-bond donors (Lipinski definition) is 0. The van der Waals surface area contributed by atoms with Gasteiger partial charge in [0.15, 0.2) is 0 Å². The summed E-state index contributed by atoms with van der Waals surface area (Å²) >= 11 is 0. The zero-order valence-corrected chi connectivity index (χ0v) is 25.6. The largest absolute Gasteiger partial charge is 0.416 e. The van der Waals surface area contributed by atoms with Crippen LogP contribution in [0.3, 0.4) is 0 Å². The summed E-state index contributed by atoms with van der Waals surface area (Å²) in [5, 5.41) is 0. The van der Waals surface area contributed by atoms with Gasteiger partial charge in [0, 0.05) is 50.3 Å². The molecular weight excluding hydrogens is 612 g/mol. The van der Waals surface area contributed by atoms with E-state index in [-0.39, 0.29) is 36.1 Å². The Kier molecular flexibility index (Phi) is 9.14. The maximum Gasteiger partial charge on any atom is 0.416 e. The summed E-state index contributed by atoms with van der Waals surface area (Å²) in [5.74, 6) is -0.647. The highest BCUT2D eigenvalue weighted by Gasteiger charge is 2.47. The Hall–Kier alpha value is -3.12. The van der Waals surface area contributed by atoms with Crippen LogP contribution in [0.25, 0.3) is 0 Å². The Balaban J connectivity index is 1.17. The molecule has 4 saturated heterocycles. The molecule has 0 aromatic heterocycles. The predicted octanol–water partition coefficient (Wildman–Crippen LogP) is 6.43. The Morgan fingerprint density at radius 2 is 1.59 bits per heavy atom. The summed E-state index contributed by atoms with van der Waals surface area (Å²) in [7, 11) is 0. The number of halogens is 6. The first-order valence-electron chi connectivity index (χ1n) is 16.1. The number of amides is 2. The average molecular weight is 652 g/mol. The Bertz CT molecular complexity index is 1370. The fourth-order valence-electron chi connectivity index (χ4n) is 7.83. The van der Waals surface area contributed by atoms with Crippen molar-refractivity contribution < 1.29 is 40.7 Å². The van der Waals surface area contributed by atoms with Crippen molar-refractivity contribution in [3.8, 4) is 0 Å². The lowest BCUT2D eigenvalue weighted by Crippen LogP contribution is -2.55. The van der Waals surface area contributed by atoms with Crippen molar-refractivity contribution in [2.75, 3.05) is 39.3 Å². The molecule has 3 atom stereocenters. The van der Waals surface area contributed by atoms with Crippen molar-refractivity contribution in [2.45, 2.75) is 81.9 Å². The SMILES string of the molecule is O=C1CC2(CCN(C3CCN(C(=O)c4cc(C(F)(F)F)cc(C(F)(F)F)c4)C(Cc4ccccc4)C3)CC2)CN1CC1CCCO1. The molecule has 3 unspecified atom stereocenters. The van der Waals surface area contributed by atoms with Crippen molar-refractivity contribution in [2.24, 2.45) is 5.41 Å². The number of hydrogen-bond acceptors (Lipinski definition) is 4. The van der Waals surface area contributed by atoms with Gasteiger partial charge >= 0.3 is 12.4 Å². The number of nitrogens with zero attached hydrogens (tertiary/aromatic N) is 3. The number of alkyl halides is 6. The van der Waals surface area contributed by atoms with Gasteiger partial charge in [-0.05, 0) is 87.2 Å². The van der Waals surface area contributed by atoms with Crippen LogP contribution in [0.5, 0.6) is 0 Å². The van der Waals surface area contributed by atoms with Crippen LogP contribution in [-0.4, -0.2) is 84.0 Å². The van der Waals surface area contributed by atoms with Gasteiger partial charge in [-0.25, -0.2) is 0 Å². The molecule has 250 valence electrons. The van der Waals surface area contributed by atoms with Crippen LogP contribution in [0.4, 0.5) is 26.3 Å². The fraction of sp³-hybridized carbons (Fsp3) is 0.588. The van der Waals surface area contributed by atoms with Crippen molar-refractivity contribution in [1.29, 1.82) is 0 Å². The van der Waals surface area contributed by atoms with E-state index in [9.17, 15) is 35.9 Å². The molecule has 0 radical (unpaired) electrons. The second-order valence-corrected chi connectivity index (χ2v) is 13.4. The molecule has 0 bridgehead atoms. The minimum atomic E-state index is -5.04. The Labute approximate surface area is 264 Å². The summed E-state index contributed by atoms with van der Waals surface area (Å²) in [6.45, 7) is 3.93. The number of rotatable bonds is 6. The molecule has 4 heterocycles. The molecule has 2 amide bonds. The van der Waals surface area contributed by atoms with E-state index < -0.39 is 41.0 Å². The van der Waals surface area contributed by atoms with Crippen LogP contribution in [0.1, 0.15) is 72.0 Å². The van der Waals surface area contributed by atoms with E-state index in [1.807, 2.05) is 35.2 Å². The quantitative estimate of drug-likeness (QED) is 0.338. The van der Waals surface area contributed by atoms with Gasteiger partial charge in [-0.2, -0.15) is 26.3 Å². The average Bonchev–Trinajstić information content (AvgIpc) is 3.64. The van der Waals surface area contributed by atoms with E-state index in [1.165, 1.54) is 4.90 Å². The summed E-state index contributed by atoms with van der Waals surface area (Å²) in [6.07, 6.45) is -4.15. The van der Waals surface area contributed by atoms with Crippen molar-refractivity contribution in [3.63, 3.8) is 0 Å². The van der Waals surface area contributed by atoms with E-state index in [2.05, 4.69) is 4.90 Å². The Morgan fingerprint density at radius 3 is 2.20 bits per heavy atom. The molecule has 4 fully saturated rings. The molecule has 1 spiro atoms. The van der Waals surface area contributed by atoms with Crippen LogP contribution in [0.2, 0.25) is 0 Å². The molecule has 6 nitrogen and oxygen atoms in total. The number of carbonyl (C=O) groups is 2. The van der Waals surface area contributed by atoms with Crippen LogP contribution in [-0.2, 0) is 28.3 Å². The van der Waals surface area contributed by atoms with Crippen molar-refractivity contribution in [1.82, 2.24) is 14.7 Å². The van der Waals surface area contributed by atoms with Crippen LogP contribution < -0.4 is 0 Å². The number of likely N-dealkylation sites (tertiary alicyclic amines) is 3. The third-order valence-electron chi connectivity index (χ3n) is 10.3. The summed E-state index contributed by atoms with van der Waals surface area (Å²) < 4.78 is 87.2. The van der Waals surface area contributed by atoms with Crippen LogP contribution >= 0.6 is 0 Å². The van der Waals surface area contributed by atoms with Crippen molar-refractivity contribution >= 4 is 11.8 Å². The lowest BCUT2D eigenvalue weighted by Gasteiger charge is -2.47. The number of carbonyl (C=O) groups excluding carboxylic acids is 2. The highest BCUT2D eigenvalue weighted by molar-refractivity contribution is 5.95. The van der Waals surface area contributed by atoms with E-state index in [0.29, 0.717) is 44.4 Å². The fourth-order valence-corrected chi connectivity index (χ4v) is 7.83. The highest BCUT2D eigenvalue weighted by atomic mass is 19.4. The summed E-state index contributed by atoms with van der Waals surface area (Å²) in [4.78, 5) is 32.4. The molecule has 4 aliphatic rings. The molecule has 12 heteroatoms. The van der Waals surface area contributed by atoms with Crippen LogP contribution in [0.15, 0.2) is 48.5 Å². The third-order valence-corrected chi connectivity index (χ3v) is 10.3. The first-order chi connectivity index (χ1) is 21.8. The molecule has 6 rings (SSSR count). The molecule has 0 aliphatic carbocycles. The van der Waals surface area contributed by atoms with E-state index >= 15 is 0 Å². The molecular formula is C34H39F6N3O3. The maximum absolute atomic E-state index is 13.7. The molecule has 0 N–H and O–H groups in total. The molecule has 2 aromatic rings. The second kappa shape index (κ2) is 12.8. The van der Waals surface area contributed by atoms with Crippen LogP contribution in [0, 0.1) is 5.41 Å². The third kappa shape index (κ3) is 7.22. The zero-order valence-electron chi connectivity index (χ0n) is 25.6. The van der Waals surface area contributed by atoms with Gasteiger partial charge in [-0.3, -0.25) is 9.59 Å². The zero-order chi connectivity index (χ0) is 32.7. The normalized spacial score (nSPS) is 25.9. The lowest BCUT2D eigenvalue weighted by atomic mass is 9.76.